The number of benzene rings is 5. The number of carbonyl (C=O) groups is 1. The van der Waals surface area contributed by atoms with E-state index in [2.05, 4.69) is 43.3 Å². The Labute approximate surface area is 253 Å². The largest absolute Gasteiger partial charge is 0.462 e. The Kier molecular flexibility index (Phi) is 10.5. The Hall–Kier alpha value is -2.98. The molecule has 1 saturated heterocycles. The number of hydrogen-bond donors (Lipinski definition) is 0. The van der Waals surface area contributed by atoms with Gasteiger partial charge in [-0.15, -0.1) is 0 Å². The smallest absolute Gasteiger partial charge is 0.343 e. The van der Waals surface area contributed by atoms with Crippen LogP contribution in [0.1, 0.15) is 47.0 Å². The maximum absolute atomic E-state index is 12.5. The summed E-state index contributed by atoms with van der Waals surface area (Å²) >= 11 is 0. The molecule has 1 aliphatic heterocycles. The molecule has 1 fully saturated rings. The van der Waals surface area contributed by atoms with E-state index in [1.807, 2.05) is 69.3 Å². The topological polar surface area (TPSA) is 48.1 Å². The average molecular weight is 592 g/mol. The van der Waals surface area contributed by atoms with Gasteiger partial charge in [0.05, 0.1) is 5.56 Å². The monoisotopic (exact) mass is 592 g/mol. The Balaban J connectivity index is 0.00000103. The molecule has 2 radical (unpaired) electrons. The molecule has 1 aliphatic rings. The maximum Gasteiger partial charge on any atom is 0.343 e. The molecule has 0 bridgehead atoms. The quantitative estimate of drug-likeness (QED) is 0.0892. The van der Waals surface area contributed by atoms with E-state index in [4.69, 9.17) is 14.2 Å². The first-order chi connectivity index (χ1) is 18.0. The summed E-state index contributed by atoms with van der Waals surface area (Å²) in [6, 6.07) is 31.6. The summed E-state index contributed by atoms with van der Waals surface area (Å²) in [6.07, 6.45) is -0.287. The summed E-state index contributed by atoms with van der Waals surface area (Å²) in [4.78, 5) is 12.5. The number of hydrogen-bond acceptors (Lipinski definition) is 4. The van der Waals surface area contributed by atoms with Gasteiger partial charge in [-0.2, -0.15) is 0 Å². The van der Waals surface area contributed by atoms with Gasteiger partial charge in [0, 0.05) is 37.1 Å². The van der Waals surface area contributed by atoms with Crippen LogP contribution in [0.4, 0.5) is 0 Å². The SMILES string of the molecule is CC.Cc1ccc(C(=O)Oc2ccc3c(ccc4cc(OC5OC5c5ccc(C)cc5)ccc43)c2)cc1.[V].[V]. The van der Waals surface area contributed by atoms with Gasteiger partial charge < -0.3 is 14.2 Å². The van der Waals surface area contributed by atoms with E-state index < -0.39 is 0 Å². The van der Waals surface area contributed by atoms with Crippen molar-refractivity contribution < 1.29 is 56.1 Å². The summed E-state index contributed by atoms with van der Waals surface area (Å²) < 4.78 is 17.4. The van der Waals surface area contributed by atoms with Crippen LogP contribution in [0.15, 0.2) is 97.1 Å². The van der Waals surface area contributed by atoms with E-state index in [-0.39, 0.29) is 55.5 Å². The zero-order chi connectivity index (χ0) is 25.9. The molecule has 5 aromatic rings. The summed E-state index contributed by atoms with van der Waals surface area (Å²) in [7, 11) is 0. The van der Waals surface area contributed by atoms with Crippen molar-refractivity contribution in [1.29, 1.82) is 0 Å². The van der Waals surface area contributed by atoms with E-state index in [0.717, 1.165) is 38.4 Å². The maximum atomic E-state index is 12.5. The second-order valence-electron chi connectivity index (χ2n) is 9.04. The Morgan fingerprint density at radius 1 is 0.667 bits per heavy atom. The van der Waals surface area contributed by atoms with Gasteiger partial charge in [0.25, 0.3) is 0 Å². The first-order valence-corrected chi connectivity index (χ1v) is 12.7. The van der Waals surface area contributed by atoms with Crippen LogP contribution in [-0.2, 0) is 41.8 Å². The van der Waals surface area contributed by atoms with Crippen LogP contribution in [-0.4, -0.2) is 12.3 Å². The average Bonchev–Trinajstić information content (AvgIpc) is 3.69. The van der Waals surface area contributed by atoms with Crippen molar-refractivity contribution in [3.8, 4) is 11.5 Å². The zero-order valence-electron chi connectivity index (χ0n) is 22.4. The minimum absolute atomic E-state index is 0. The third-order valence-corrected chi connectivity index (χ3v) is 6.39. The van der Waals surface area contributed by atoms with Crippen LogP contribution in [0.5, 0.6) is 11.5 Å². The minimum atomic E-state index is -0.363. The third-order valence-electron chi connectivity index (χ3n) is 6.39. The van der Waals surface area contributed by atoms with Crippen molar-refractivity contribution in [3.05, 3.63) is 119 Å². The predicted molar refractivity (Wildman–Crippen MR) is 148 cm³/mol. The van der Waals surface area contributed by atoms with Crippen molar-refractivity contribution in [2.45, 2.75) is 40.1 Å². The molecule has 0 saturated carbocycles. The fourth-order valence-electron chi connectivity index (χ4n) is 4.33. The molecule has 196 valence electrons. The van der Waals surface area contributed by atoms with Crippen LogP contribution in [0, 0.1) is 13.8 Å². The minimum Gasteiger partial charge on any atom is -0.462 e. The van der Waals surface area contributed by atoms with Gasteiger partial charge in [-0.3, -0.25) is 0 Å². The molecular weight excluding hydrogens is 562 g/mol. The number of ether oxygens (including phenoxy) is 3. The van der Waals surface area contributed by atoms with E-state index in [1.165, 1.54) is 5.56 Å². The van der Waals surface area contributed by atoms with Gasteiger partial charge in [-0.1, -0.05) is 85.6 Å². The number of fused-ring (bicyclic) bond motifs is 3. The van der Waals surface area contributed by atoms with Gasteiger partial charge >= 0.3 is 5.97 Å². The van der Waals surface area contributed by atoms with Crippen LogP contribution >= 0.6 is 0 Å². The molecule has 2 atom stereocenters. The molecule has 4 nitrogen and oxygen atoms in total. The van der Waals surface area contributed by atoms with E-state index in [0.29, 0.717) is 11.3 Å². The normalized spacial score (nSPS) is 15.3. The van der Waals surface area contributed by atoms with Crippen molar-refractivity contribution in [2.75, 3.05) is 0 Å². The van der Waals surface area contributed by atoms with Crippen LogP contribution in [0.25, 0.3) is 21.5 Å². The fourth-order valence-corrected chi connectivity index (χ4v) is 4.33. The molecule has 5 aromatic carbocycles. The number of aryl methyl sites for hydroxylation is 2. The van der Waals surface area contributed by atoms with Gasteiger partial charge in [-0.05, 0) is 77.4 Å². The van der Waals surface area contributed by atoms with E-state index >= 15 is 0 Å². The molecule has 0 N–H and O–H groups in total. The molecule has 39 heavy (non-hydrogen) atoms. The van der Waals surface area contributed by atoms with Crippen LogP contribution in [0.3, 0.4) is 0 Å². The van der Waals surface area contributed by atoms with E-state index in [1.54, 1.807) is 12.1 Å². The Morgan fingerprint density at radius 3 is 1.77 bits per heavy atom. The first kappa shape index (κ1) is 30.6. The summed E-state index contributed by atoms with van der Waals surface area (Å²) in [5, 5.41) is 4.28. The van der Waals surface area contributed by atoms with Crippen molar-refractivity contribution in [1.82, 2.24) is 0 Å². The van der Waals surface area contributed by atoms with Crippen LogP contribution < -0.4 is 9.47 Å². The number of epoxide rings is 1. The summed E-state index contributed by atoms with van der Waals surface area (Å²) in [5.41, 5.74) is 3.99. The van der Waals surface area contributed by atoms with Gasteiger partial charge in [0.2, 0.25) is 6.29 Å². The Morgan fingerprint density at radius 2 is 1.18 bits per heavy atom. The Bertz CT molecular complexity index is 1560. The molecular formula is C33H30O4V2. The number of esters is 1. The number of carbonyl (C=O) groups excluding carboxylic acids is 1. The number of rotatable bonds is 5. The fraction of sp³-hybridized carbons (Fsp3) is 0.182. The summed E-state index contributed by atoms with van der Waals surface area (Å²) in [5.74, 6) is 0.939. The molecule has 6 rings (SSSR count). The second-order valence-corrected chi connectivity index (χ2v) is 9.04. The predicted octanol–water partition coefficient (Wildman–Crippen LogP) is 8.33. The zero-order valence-corrected chi connectivity index (χ0v) is 25.2. The second kappa shape index (κ2) is 13.4. The van der Waals surface area contributed by atoms with Gasteiger partial charge in [-0.25, -0.2) is 4.79 Å². The molecule has 6 heteroatoms. The molecule has 0 amide bonds. The first-order valence-electron chi connectivity index (χ1n) is 12.7. The summed E-state index contributed by atoms with van der Waals surface area (Å²) in [6.45, 7) is 8.06. The van der Waals surface area contributed by atoms with Crippen molar-refractivity contribution in [2.24, 2.45) is 0 Å². The molecule has 1 heterocycles. The molecule has 0 aliphatic carbocycles. The van der Waals surface area contributed by atoms with Gasteiger partial charge in [0.15, 0.2) is 0 Å². The van der Waals surface area contributed by atoms with Crippen molar-refractivity contribution >= 4 is 27.5 Å². The van der Waals surface area contributed by atoms with Gasteiger partial charge in [0.1, 0.15) is 17.6 Å². The van der Waals surface area contributed by atoms with Crippen molar-refractivity contribution in [3.63, 3.8) is 0 Å². The standard InChI is InChI=1S/C31H24O4.C2H6.2V/c1-19-3-7-21(8-4-19)29-31(35-29)34-26-14-16-28-24(18-26)12-11-23-17-25(13-15-27(23)28)33-30(32)22-9-5-20(2)6-10-22;1-2;;/h3-18,29,31H,1-2H3;1-2H3;;. The molecule has 0 aromatic heterocycles. The molecule has 0 spiro atoms. The van der Waals surface area contributed by atoms with E-state index in [9.17, 15) is 4.79 Å². The molecule has 2 unspecified atom stereocenters. The van der Waals surface area contributed by atoms with Crippen LogP contribution in [0.2, 0.25) is 0 Å². The third kappa shape index (κ3) is 6.97.